The molecular formula is C18H19NO3. The Morgan fingerprint density at radius 3 is 2.36 bits per heavy atom. The molecule has 0 fully saturated rings. The second-order valence-electron chi connectivity index (χ2n) is 5.24. The van der Waals surface area contributed by atoms with Crippen LogP contribution in [0.5, 0.6) is 0 Å². The molecular weight excluding hydrogens is 278 g/mol. The number of anilines is 1. The maximum absolute atomic E-state index is 11.9. The molecule has 0 heterocycles. The molecule has 0 aliphatic rings. The fraction of sp³-hybridized carbons (Fsp3) is 0.222. The van der Waals surface area contributed by atoms with E-state index in [0.29, 0.717) is 5.56 Å². The molecule has 0 bridgehead atoms. The number of esters is 1. The third-order valence-electron chi connectivity index (χ3n) is 3.50. The third-order valence-corrected chi connectivity index (χ3v) is 3.50. The first kappa shape index (κ1) is 15.8. The van der Waals surface area contributed by atoms with E-state index >= 15 is 0 Å². The van der Waals surface area contributed by atoms with Crippen molar-refractivity contribution in [3.05, 3.63) is 64.7 Å². The number of carbonyl (C=O) groups is 2. The number of hydrogen-bond acceptors (Lipinski definition) is 3. The van der Waals surface area contributed by atoms with Crippen LogP contribution in [-0.2, 0) is 9.53 Å². The molecule has 0 saturated carbocycles. The molecule has 0 unspecified atom stereocenters. The second kappa shape index (κ2) is 6.89. The van der Waals surface area contributed by atoms with Gasteiger partial charge in [-0.25, -0.2) is 4.79 Å². The summed E-state index contributed by atoms with van der Waals surface area (Å²) in [5.41, 5.74) is 4.24. The van der Waals surface area contributed by atoms with Gasteiger partial charge in [0.1, 0.15) is 0 Å². The molecule has 0 spiro atoms. The van der Waals surface area contributed by atoms with Crippen LogP contribution in [0.2, 0.25) is 0 Å². The number of ether oxygens (including phenoxy) is 1. The van der Waals surface area contributed by atoms with Crippen molar-refractivity contribution in [2.45, 2.75) is 20.8 Å². The molecule has 1 N–H and O–H groups in total. The Morgan fingerprint density at radius 2 is 1.68 bits per heavy atom. The van der Waals surface area contributed by atoms with E-state index in [0.717, 1.165) is 22.4 Å². The van der Waals surface area contributed by atoms with E-state index < -0.39 is 5.97 Å². The molecule has 0 aromatic heterocycles. The first-order valence-corrected chi connectivity index (χ1v) is 7.07. The summed E-state index contributed by atoms with van der Waals surface area (Å²) in [5.74, 6) is -0.852. The van der Waals surface area contributed by atoms with Gasteiger partial charge in [-0.2, -0.15) is 0 Å². The van der Waals surface area contributed by atoms with E-state index in [2.05, 4.69) is 5.32 Å². The zero-order valence-electron chi connectivity index (χ0n) is 13.0. The monoisotopic (exact) mass is 297 g/mol. The number of nitrogens with one attached hydrogen (secondary N) is 1. The van der Waals surface area contributed by atoms with Crippen LogP contribution in [0.3, 0.4) is 0 Å². The number of hydrogen-bond donors (Lipinski definition) is 1. The summed E-state index contributed by atoms with van der Waals surface area (Å²) in [6.45, 7) is 5.49. The van der Waals surface area contributed by atoms with Crippen molar-refractivity contribution in [2.75, 3.05) is 11.9 Å². The predicted molar refractivity (Wildman–Crippen MR) is 86.0 cm³/mol. The van der Waals surface area contributed by atoms with Crippen molar-refractivity contribution in [2.24, 2.45) is 0 Å². The molecule has 22 heavy (non-hydrogen) atoms. The SMILES string of the molecule is Cc1ccc(C(=O)OCC(=O)Nc2ccccc2C)cc1C. The summed E-state index contributed by atoms with van der Waals surface area (Å²) in [5, 5.41) is 2.72. The fourth-order valence-corrected chi connectivity index (χ4v) is 1.98. The quantitative estimate of drug-likeness (QED) is 0.880. The summed E-state index contributed by atoms with van der Waals surface area (Å²) >= 11 is 0. The van der Waals surface area contributed by atoms with E-state index in [1.165, 1.54) is 0 Å². The first-order chi connectivity index (χ1) is 10.5. The molecule has 0 aliphatic heterocycles. The highest BCUT2D eigenvalue weighted by atomic mass is 16.5. The molecule has 0 saturated heterocycles. The molecule has 114 valence electrons. The van der Waals surface area contributed by atoms with Gasteiger partial charge in [0.05, 0.1) is 5.56 Å². The highest BCUT2D eigenvalue weighted by Gasteiger charge is 2.11. The largest absolute Gasteiger partial charge is 0.452 e. The Kier molecular flexibility index (Phi) is 4.94. The van der Waals surface area contributed by atoms with Crippen molar-refractivity contribution in [3.63, 3.8) is 0 Å². The van der Waals surface area contributed by atoms with Gasteiger partial charge in [0.25, 0.3) is 5.91 Å². The Labute approximate surface area is 130 Å². The summed E-state index contributed by atoms with van der Waals surface area (Å²) in [7, 11) is 0. The number of carbonyl (C=O) groups excluding carboxylic acids is 2. The molecule has 2 aromatic rings. The Balaban J connectivity index is 1.92. The lowest BCUT2D eigenvalue weighted by atomic mass is 10.1. The number of amides is 1. The summed E-state index contributed by atoms with van der Waals surface area (Å²) < 4.78 is 5.05. The molecule has 2 aromatic carbocycles. The number of benzene rings is 2. The second-order valence-corrected chi connectivity index (χ2v) is 5.24. The van der Waals surface area contributed by atoms with E-state index in [-0.39, 0.29) is 12.5 Å². The molecule has 4 nitrogen and oxygen atoms in total. The lowest BCUT2D eigenvalue weighted by Crippen LogP contribution is -2.21. The van der Waals surface area contributed by atoms with Gasteiger partial charge in [-0.3, -0.25) is 4.79 Å². The Morgan fingerprint density at radius 1 is 0.955 bits per heavy atom. The topological polar surface area (TPSA) is 55.4 Å². The minimum Gasteiger partial charge on any atom is -0.452 e. The number of para-hydroxylation sites is 1. The lowest BCUT2D eigenvalue weighted by Gasteiger charge is -2.09. The van der Waals surface area contributed by atoms with Crippen LogP contribution >= 0.6 is 0 Å². The third kappa shape index (κ3) is 3.95. The van der Waals surface area contributed by atoms with Crippen LogP contribution in [0.4, 0.5) is 5.69 Å². The summed E-state index contributed by atoms with van der Waals surface area (Å²) in [6.07, 6.45) is 0. The Bertz CT molecular complexity index is 707. The normalized spacial score (nSPS) is 10.1. The molecule has 2 rings (SSSR count). The minimum atomic E-state index is -0.497. The molecule has 0 aliphatic carbocycles. The molecule has 1 amide bonds. The predicted octanol–water partition coefficient (Wildman–Crippen LogP) is 3.41. The van der Waals surface area contributed by atoms with Gasteiger partial charge in [0, 0.05) is 5.69 Å². The van der Waals surface area contributed by atoms with Crippen molar-refractivity contribution in [1.82, 2.24) is 0 Å². The molecule has 0 radical (unpaired) electrons. The van der Waals surface area contributed by atoms with Gasteiger partial charge in [-0.15, -0.1) is 0 Å². The van der Waals surface area contributed by atoms with Crippen molar-refractivity contribution in [1.29, 1.82) is 0 Å². The summed E-state index contributed by atoms with van der Waals surface area (Å²) in [6, 6.07) is 12.8. The van der Waals surface area contributed by atoms with E-state index in [1.54, 1.807) is 18.2 Å². The zero-order valence-corrected chi connectivity index (χ0v) is 13.0. The average Bonchev–Trinajstić information content (AvgIpc) is 2.50. The van der Waals surface area contributed by atoms with Crippen molar-refractivity contribution in [3.8, 4) is 0 Å². The summed E-state index contributed by atoms with van der Waals surface area (Å²) in [4.78, 5) is 23.8. The standard InChI is InChI=1S/C18H19NO3/c1-12-8-9-15(10-14(12)3)18(21)22-11-17(20)19-16-7-5-4-6-13(16)2/h4-10H,11H2,1-3H3,(H,19,20). The highest BCUT2D eigenvalue weighted by Crippen LogP contribution is 2.13. The van der Waals surface area contributed by atoms with Gasteiger partial charge < -0.3 is 10.1 Å². The average molecular weight is 297 g/mol. The Hall–Kier alpha value is -2.62. The van der Waals surface area contributed by atoms with Crippen molar-refractivity contribution < 1.29 is 14.3 Å². The maximum atomic E-state index is 11.9. The van der Waals surface area contributed by atoms with Gasteiger partial charge in [0.15, 0.2) is 6.61 Å². The molecule has 0 atom stereocenters. The molecule has 4 heteroatoms. The van der Waals surface area contributed by atoms with Gasteiger partial charge in [-0.05, 0) is 55.7 Å². The van der Waals surface area contributed by atoms with Gasteiger partial charge >= 0.3 is 5.97 Å². The van der Waals surface area contributed by atoms with Gasteiger partial charge in [0.2, 0.25) is 0 Å². The lowest BCUT2D eigenvalue weighted by molar-refractivity contribution is -0.119. The first-order valence-electron chi connectivity index (χ1n) is 7.07. The number of rotatable bonds is 4. The van der Waals surface area contributed by atoms with E-state index in [9.17, 15) is 9.59 Å². The fourth-order valence-electron chi connectivity index (χ4n) is 1.98. The minimum absolute atomic E-state index is 0.305. The van der Waals surface area contributed by atoms with Crippen LogP contribution in [-0.4, -0.2) is 18.5 Å². The van der Waals surface area contributed by atoms with Crippen molar-refractivity contribution >= 4 is 17.6 Å². The van der Waals surface area contributed by atoms with Crippen LogP contribution in [0.25, 0.3) is 0 Å². The van der Waals surface area contributed by atoms with Crippen LogP contribution in [0.15, 0.2) is 42.5 Å². The van der Waals surface area contributed by atoms with E-state index in [1.807, 2.05) is 45.0 Å². The van der Waals surface area contributed by atoms with Gasteiger partial charge in [-0.1, -0.05) is 24.3 Å². The van der Waals surface area contributed by atoms with E-state index in [4.69, 9.17) is 4.74 Å². The maximum Gasteiger partial charge on any atom is 0.338 e. The van der Waals surface area contributed by atoms with Crippen LogP contribution < -0.4 is 5.32 Å². The van der Waals surface area contributed by atoms with Crippen LogP contribution in [0.1, 0.15) is 27.0 Å². The number of aryl methyl sites for hydroxylation is 3. The smallest absolute Gasteiger partial charge is 0.338 e. The highest BCUT2D eigenvalue weighted by molar-refractivity contribution is 5.96. The zero-order chi connectivity index (χ0) is 16.1. The van der Waals surface area contributed by atoms with Crippen LogP contribution in [0, 0.1) is 20.8 Å².